The van der Waals surface area contributed by atoms with Gasteiger partial charge in [0.1, 0.15) is 18.6 Å². The molecular formula is C11H11N5O3. The SMILES string of the molecule is NNc1ncccc1COc1cccnc1[N+](=O)[O-]. The second-order valence-corrected chi connectivity index (χ2v) is 3.53. The molecule has 2 heterocycles. The molecule has 0 aromatic carbocycles. The van der Waals surface area contributed by atoms with Crippen molar-refractivity contribution in [3.8, 4) is 5.75 Å². The van der Waals surface area contributed by atoms with Crippen LogP contribution in [0.1, 0.15) is 5.56 Å². The van der Waals surface area contributed by atoms with E-state index >= 15 is 0 Å². The molecule has 8 nitrogen and oxygen atoms in total. The molecule has 0 bridgehead atoms. The summed E-state index contributed by atoms with van der Waals surface area (Å²) in [6.45, 7) is 0.0971. The summed E-state index contributed by atoms with van der Waals surface area (Å²) in [5, 5.41) is 10.8. The maximum atomic E-state index is 10.8. The van der Waals surface area contributed by atoms with Crippen molar-refractivity contribution in [1.29, 1.82) is 0 Å². The Balaban J connectivity index is 2.17. The summed E-state index contributed by atoms with van der Waals surface area (Å²) in [5.74, 6) is 5.53. The molecule has 98 valence electrons. The molecule has 3 N–H and O–H groups in total. The normalized spacial score (nSPS) is 9.95. The number of aromatic nitrogens is 2. The van der Waals surface area contributed by atoms with E-state index in [0.29, 0.717) is 11.4 Å². The van der Waals surface area contributed by atoms with Crippen LogP contribution in [0.4, 0.5) is 11.6 Å². The smallest absolute Gasteiger partial charge is 0.406 e. The summed E-state index contributed by atoms with van der Waals surface area (Å²) in [4.78, 5) is 17.8. The number of ether oxygens (including phenoxy) is 1. The third-order valence-electron chi connectivity index (χ3n) is 2.33. The van der Waals surface area contributed by atoms with Crippen LogP contribution in [0, 0.1) is 10.1 Å². The summed E-state index contributed by atoms with van der Waals surface area (Å²) < 4.78 is 5.39. The van der Waals surface area contributed by atoms with E-state index in [4.69, 9.17) is 10.6 Å². The molecule has 0 fully saturated rings. The van der Waals surface area contributed by atoms with Crippen LogP contribution in [0.5, 0.6) is 5.75 Å². The van der Waals surface area contributed by atoms with Crippen molar-refractivity contribution in [2.45, 2.75) is 6.61 Å². The van der Waals surface area contributed by atoms with Gasteiger partial charge in [-0.05, 0) is 28.1 Å². The monoisotopic (exact) mass is 261 g/mol. The number of hydrazine groups is 1. The van der Waals surface area contributed by atoms with E-state index in [1.807, 2.05) is 0 Å². The van der Waals surface area contributed by atoms with Crippen LogP contribution in [0.25, 0.3) is 0 Å². The van der Waals surface area contributed by atoms with Crippen LogP contribution in [0.2, 0.25) is 0 Å². The first-order valence-electron chi connectivity index (χ1n) is 5.35. The van der Waals surface area contributed by atoms with Gasteiger partial charge >= 0.3 is 5.82 Å². The number of nitro groups is 1. The van der Waals surface area contributed by atoms with Crippen LogP contribution < -0.4 is 16.0 Å². The van der Waals surface area contributed by atoms with E-state index in [1.54, 1.807) is 24.4 Å². The van der Waals surface area contributed by atoms with Gasteiger partial charge in [0, 0.05) is 11.8 Å². The Kier molecular flexibility index (Phi) is 3.84. The van der Waals surface area contributed by atoms with E-state index in [0.717, 1.165) is 0 Å². The van der Waals surface area contributed by atoms with E-state index < -0.39 is 4.92 Å². The molecular weight excluding hydrogens is 250 g/mol. The fourth-order valence-electron chi connectivity index (χ4n) is 1.47. The average molecular weight is 261 g/mol. The van der Waals surface area contributed by atoms with Crippen LogP contribution in [0.15, 0.2) is 36.7 Å². The Labute approximate surface area is 108 Å². The highest BCUT2D eigenvalue weighted by molar-refractivity contribution is 5.43. The van der Waals surface area contributed by atoms with Gasteiger partial charge in [0.15, 0.2) is 0 Å². The zero-order valence-corrected chi connectivity index (χ0v) is 9.81. The van der Waals surface area contributed by atoms with Crippen molar-refractivity contribution < 1.29 is 9.66 Å². The maximum absolute atomic E-state index is 10.8. The predicted molar refractivity (Wildman–Crippen MR) is 67.3 cm³/mol. The number of anilines is 1. The van der Waals surface area contributed by atoms with Gasteiger partial charge in [-0.15, -0.1) is 0 Å². The van der Waals surface area contributed by atoms with Crippen molar-refractivity contribution in [3.63, 3.8) is 0 Å². The number of nitrogen functional groups attached to an aromatic ring is 1. The lowest BCUT2D eigenvalue weighted by atomic mass is 10.3. The van der Waals surface area contributed by atoms with Crippen LogP contribution in [-0.2, 0) is 6.61 Å². The molecule has 19 heavy (non-hydrogen) atoms. The van der Waals surface area contributed by atoms with Crippen LogP contribution in [-0.4, -0.2) is 14.9 Å². The molecule has 2 aromatic rings. The first kappa shape index (κ1) is 12.7. The molecule has 0 radical (unpaired) electrons. The number of pyridine rings is 2. The van der Waals surface area contributed by atoms with Crippen molar-refractivity contribution >= 4 is 11.6 Å². The molecule has 0 unspecified atom stereocenters. The molecule has 0 saturated carbocycles. The summed E-state index contributed by atoms with van der Waals surface area (Å²) in [7, 11) is 0. The van der Waals surface area contributed by atoms with Crippen molar-refractivity contribution in [2.75, 3.05) is 5.43 Å². The Hall–Kier alpha value is -2.74. The summed E-state index contributed by atoms with van der Waals surface area (Å²) in [6, 6.07) is 6.52. The lowest BCUT2D eigenvalue weighted by Crippen LogP contribution is -2.12. The fourth-order valence-corrected chi connectivity index (χ4v) is 1.47. The lowest BCUT2D eigenvalue weighted by molar-refractivity contribution is -0.390. The predicted octanol–water partition coefficient (Wildman–Crippen LogP) is 1.25. The highest BCUT2D eigenvalue weighted by Gasteiger charge is 2.16. The van der Waals surface area contributed by atoms with E-state index in [1.165, 1.54) is 12.3 Å². The van der Waals surface area contributed by atoms with Crippen LogP contribution >= 0.6 is 0 Å². The highest BCUT2D eigenvalue weighted by atomic mass is 16.6. The number of rotatable bonds is 5. The number of nitrogens with zero attached hydrogens (tertiary/aromatic N) is 3. The van der Waals surface area contributed by atoms with Crippen LogP contribution in [0.3, 0.4) is 0 Å². The quantitative estimate of drug-likeness (QED) is 0.472. The Morgan fingerprint density at radius 2 is 2.05 bits per heavy atom. The molecule has 0 aliphatic carbocycles. The van der Waals surface area contributed by atoms with Gasteiger partial charge in [-0.25, -0.2) is 10.8 Å². The van der Waals surface area contributed by atoms with Crippen molar-refractivity contribution in [1.82, 2.24) is 9.97 Å². The fraction of sp³-hybridized carbons (Fsp3) is 0.0909. The van der Waals surface area contributed by atoms with E-state index in [2.05, 4.69) is 15.4 Å². The average Bonchev–Trinajstić information content (AvgIpc) is 2.45. The third kappa shape index (κ3) is 2.93. The molecule has 0 amide bonds. The zero-order chi connectivity index (χ0) is 13.7. The van der Waals surface area contributed by atoms with Gasteiger partial charge in [0.05, 0.1) is 0 Å². The van der Waals surface area contributed by atoms with Gasteiger partial charge in [-0.1, -0.05) is 6.07 Å². The summed E-state index contributed by atoms with van der Waals surface area (Å²) >= 11 is 0. The zero-order valence-electron chi connectivity index (χ0n) is 9.81. The third-order valence-corrected chi connectivity index (χ3v) is 2.33. The molecule has 0 aliphatic heterocycles. The molecule has 0 spiro atoms. The standard InChI is InChI=1S/C11H11N5O3/c12-15-10-8(3-1-5-13-10)7-19-9-4-2-6-14-11(9)16(17)18/h1-6H,7,12H2,(H,13,15). The van der Waals surface area contributed by atoms with Gasteiger partial charge < -0.3 is 20.3 Å². The van der Waals surface area contributed by atoms with Crippen molar-refractivity contribution in [3.05, 3.63) is 52.3 Å². The minimum atomic E-state index is -0.597. The first-order valence-corrected chi connectivity index (χ1v) is 5.35. The minimum absolute atomic E-state index is 0.0966. The van der Waals surface area contributed by atoms with Gasteiger partial charge in [0.25, 0.3) is 0 Å². The molecule has 0 saturated heterocycles. The second kappa shape index (κ2) is 5.74. The van der Waals surface area contributed by atoms with E-state index in [-0.39, 0.29) is 18.2 Å². The van der Waals surface area contributed by atoms with E-state index in [9.17, 15) is 10.1 Å². The van der Waals surface area contributed by atoms with Gasteiger partial charge in [0.2, 0.25) is 5.75 Å². The Bertz CT molecular complexity index is 590. The lowest BCUT2D eigenvalue weighted by Gasteiger charge is -2.09. The summed E-state index contributed by atoms with van der Waals surface area (Å²) in [6.07, 6.45) is 2.91. The number of hydrogen-bond acceptors (Lipinski definition) is 7. The molecule has 0 atom stereocenters. The maximum Gasteiger partial charge on any atom is 0.406 e. The number of hydrogen-bond donors (Lipinski definition) is 2. The highest BCUT2D eigenvalue weighted by Crippen LogP contribution is 2.24. The topological polar surface area (TPSA) is 116 Å². The second-order valence-electron chi connectivity index (χ2n) is 3.53. The first-order chi connectivity index (χ1) is 9.22. The molecule has 2 aromatic heterocycles. The molecule has 8 heteroatoms. The van der Waals surface area contributed by atoms with Gasteiger partial charge in [-0.2, -0.15) is 0 Å². The molecule has 2 rings (SSSR count). The summed E-state index contributed by atoms with van der Waals surface area (Å²) in [5.41, 5.74) is 3.11. The Morgan fingerprint density at radius 3 is 2.79 bits per heavy atom. The number of nitrogens with one attached hydrogen (secondary N) is 1. The minimum Gasteiger partial charge on any atom is -0.481 e. The number of nitrogens with two attached hydrogens (primary N) is 1. The van der Waals surface area contributed by atoms with Crippen molar-refractivity contribution in [2.24, 2.45) is 5.84 Å². The molecule has 0 aliphatic rings. The Morgan fingerprint density at radius 1 is 1.32 bits per heavy atom. The largest absolute Gasteiger partial charge is 0.481 e. The van der Waals surface area contributed by atoms with Gasteiger partial charge in [-0.3, -0.25) is 0 Å².